The van der Waals surface area contributed by atoms with Crippen molar-refractivity contribution in [1.82, 2.24) is 25.3 Å². The molecule has 148 valence electrons. The SMILES string of the molecule is CCN(CC)n1nnnc1Cc1cccc(Nc2ccnc3cc(Cl)ccc23)c1. The fraction of sp³-hybridized carbons (Fsp3) is 0.238. The Labute approximate surface area is 174 Å². The fourth-order valence-corrected chi connectivity index (χ4v) is 3.51. The molecule has 7 nitrogen and oxygen atoms in total. The Morgan fingerprint density at radius 3 is 2.76 bits per heavy atom. The third-order valence-corrected chi connectivity index (χ3v) is 5.02. The lowest BCUT2D eigenvalue weighted by Crippen LogP contribution is -2.36. The molecule has 8 heteroatoms. The highest BCUT2D eigenvalue weighted by atomic mass is 35.5. The molecule has 1 N–H and O–H groups in total. The number of tetrazole rings is 1. The number of nitrogens with zero attached hydrogens (tertiary/aromatic N) is 6. The van der Waals surface area contributed by atoms with Crippen LogP contribution in [-0.2, 0) is 6.42 Å². The van der Waals surface area contributed by atoms with Crippen LogP contribution in [0.4, 0.5) is 11.4 Å². The summed E-state index contributed by atoms with van der Waals surface area (Å²) in [5, 5.41) is 19.5. The summed E-state index contributed by atoms with van der Waals surface area (Å²) < 4.78 is 0. The lowest BCUT2D eigenvalue weighted by atomic mass is 10.1. The Kier molecular flexibility index (Phi) is 5.57. The van der Waals surface area contributed by atoms with Gasteiger partial charge in [0.2, 0.25) is 0 Å². The van der Waals surface area contributed by atoms with E-state index in [9.17, 15) is 0 Å². The van der Waals surface area contributed by atoms with Gasteiger partial charge in [-0.25, -0.2) is 0 Å². The Bertz CT molecular complexity index is 1120. The zero-order valence-electron chi connectivity index (χ0n) is 16.4. The van der Waals surface area contributed by atoms with E-state index in [-0.39, 0.29) is 0 Å². The Morgan fingerprint density at radius 2 is 1.93 bits per heavy atom. The molecule has 0 fully saturated rings. The van der Waals surface area contributed by atoms with Crippen molar-refractivity contribution in [3.05, 3.63) is 71.1 Å². The van der Waals surface area contributed by atoms with E-state index in [1.165, 1.54) is 0 Å². The molecule has 2 aromatic carbocycles. The van der Waals surface area contributed by atoms with Crippen LogP contribution in [0.1, 0.15) is 25.2 Å². The van der Waals surface area contributed by atoms with Gasteiger partial charge in [0.25, 0.3) is 0 Å². The van der Waals surface area contributed by atoms with Crippen LogP contribution in [0.5, 0.6) is 0 Å². The molecule has 4 aromatic rings. The molecule has 29 heavy (non-hydrogen) atoms. The number of hydrogen-bond donors (Lipinski definition) is 1. The van der Waals surface area contributed by atoms with Crippen LogP contribution >= 0.6 is 11.6 Å². The van der Waals surface area contributed by atoms with Gasteiger partial charge in [-0.05, 0) is 66.2 Å². The van der Waals surface area contributed by atoms with Gasteiger partial charge in [0.05, 0.1) is 5.52 Å². The average molecular weight is 408 g/mol. The molecular formula is C21H22ClN7. The molecule has 0 atom stereocenters. The summed E-state index contributed by atoms with van der Waals surface area (Å²) in [4.78, 5) is 6.19. The van der Waals surface area contributed by atoms with Gasteiger partial charge in [-0.15, -0.1) is 9.89 Å². The van der Waals surface area contributed by atoms with E-state index < -0.39 is 0 Å². The molecule has 4 rings (SSSR count). The molecule has 0 amide bonds. The normalized spacial score (nSPS) is 11.0. The monoisotopic (exact) mass is 407 g/mol. The van der Waals surface area contributed by atoms with Gasteiger partial charge in [0.15, 0.2) is 5.82 Å². The van der Waals surface area contributed by atoms with Crippen molar-refractivity contribution in [3.8, 4) is 0 Å². The smallest absolute Gasteiger partial charge is 0.178 e. The molecule has 0 bridgehead atoms. The minimum Gasteiger partial charge on any atom is -0.355 e. The predicted molar refractivity (Wildman–Crippen MR) is 116 cm³/mol. The van der Waals surface area contributed by atoms with E-state index in [4.69, 9.17) is 11.6 Å². The lowest BCUT2D eigenvalue weighted by molar-refractivity contribution is 0.522. The van der Waals surface area contributed by atoms with Crippen LogP contribution in [0.25, 0.3) is 10.9 Å². The number of pyridine rings is 1. The van der Waals surface area contributed by atoms with Crippen LogP contribution in [0.15, 0.2) is 54.7 Å². The lowest BCUT2D eigenvalue weighted by Gasteiger charge is -2.21. The van der Waals surface area contributed by atoms with Crippen LogP contribution in [0.3, 0.4) is 0 Å². The minimum absolute atomic E-state index is 0.645. The first-order chi connectivity index (χ1) is 14.2. The zero-order valence-corrected chi connectivity index (χ0v) is 17.1. The number of rotatable bonds is 7. The summed E-state index contributed by atoms with van der Waals surface area (Å²) in [5.74, 6) is 0.815. The second-order valence-electron chi connectivity index (χ2n) is 6.65. The van der Waals surface area contributed by atoms with Crippen molar-refractivity contribution in [2.24, 2.45) is 0 Å². The summed E-state index contributed by atoms with van der Waals surface area (Å²) >= 11 is 6.09. The van der Waals surface area contributed by atoms with Crippen molar-refractivity contribution in [1.29, 1.82) is 0 Å². The van der Waals surface area contributed by atoms with E-state index in [1.807, 2.05) is 36.4 Å². The quantitative estimate of drug-likeness (QED) is 0.495. The number of aromatic nitrogens is 5. The van der Waals surface area contributed by atoms with Crippen molar-refractivity contribution < 1.29 is 0 Å². The van der Waals surface area contributed by atoms with Gasteiger partial charge < -0.3 is 5.32 Å². The fourth-order valence-electron chi connectivity index (χ4n) is 3.35. The molecule has 0 spiro atoms. The maximum Gasteiger partial charge on any atom is 0.178 e. The maximum atomic E-state index is 6.09. The van der Waals surface area contributed by atoms with Crippen LogP contribution in [0, 0.1) is 0 Å². The van der Waals surface area contributed by atoms with Gasteiger partial charge in [-0.1, -0.05) is 23.7 Å². The maximum absolute atomic E-state index is 6.09. The Balaban J connectivity index is 1.59. The van der Waals surface area contributed by atoms with Crippen molar-refractivity contribution in [2.75, 3.05) is 23.4 Å². The highest BCUT2D eigenvalue weighted by molar-refractivity contribution is 6.31. The van der Waals surface area contributed by atoms with E-state index in [0.29, 0.717) is 11.4 Å². The van der Waals surface area contributed by atoms with Gasteiger partial charge in [-0.3, -0.25) is 9.99 Å². The van der Waals surface area contributed by atoms with Crippen LogP contribution in [0.2, 0.25) is 5.02 Å². The number of hydrogen-bond acceptors (Lipinski definition) is 6. The average Bonchev–Trinajstić information content (AvgIpc) is 3.17. The first kappa shape index (κ1) is 19.1. The van der Waals surface area contributed by atoms with E-state index in [1.54, 1.807) is 11.0 Å². The van der Waals surface area contributed by atoms with E-state index >= 15 is 0 Å². The molecule has 0 aliphatic rings. The first-order valence-electron chi connectivity index (χ1n) is 9.60. The molecule has 0 unspecified atom stereocenters. The number of anilines is 2. The molecule has 0 saturated heterocycles. The summed E-state index contributed by atoms with van der Waals surface area (Å²) in [6, 6.07) is 16.0. The van der Waals surface area contributed by atoms with Gasteiger partial charge in [-0.2, -0.15) is 0 Å². The highest BCUT2D eigenvalue weighted by Gasteiger charge is 2.12. The standard InChI is InChI=1S/C21H22ClN7/c1-3-28(4-2)29-21(25-26-27-29)13-15-6-5-7-17(12-15)24-19-10-11-23-20-14-16(22)8-9-18(19)20/h5-12,14H,3-4,13H2,1-2H3,(H,23,24). The third-order valence-electron chi connectivity index (χ3n) is 4.79. The number of halogens is 1. The van der Waals surface area contributed by atoms with Crippen LogP contribution < -0.4 is 10.3 Å². The Morgan fingerprint density at radius 1 is 1.07 bits per heavy atom. The summed E-state index contributed by atoms with van der Waals surface area (Å²) in [6.07, 6.45) is 2.43. The van der Waals surface area contributed by atoms with E-state index in [2.05, 4.69) is 56.8 Å². The Hall–Kier alpha value is -3.19. The summed E-state index contributed by atoms with van der Waals surface area (Å²) in [7, 11) is 0. The predicted octanol–water partition coefficient (Wildman–Crippen LogP) is 4.19. The molecule has 2 aromatic heterocycles. The van der Waals surface area contributed by atoms with Gasteiger partial charge in [0.1, 0.15) is 0 Å². The third kappa shape index (κ3) is 4.14. The second-order valence-corrected chi connectivity index (χ2v) is 7.08. The summed E-state index contributed by atoms with van der Waals surface area (Å²) in [5.41, 5.74) is 3.96. The second kappa shape index (κ2) is 8.45. The number of nitrogens with one attached hydrogen (secondary N) is 1. The van der Waals surface area contributed by atoms with Crippen LogP contribution in [-0.4, -0.2) is 38.4 Å². The first-order valence-corrected chi connectivity index (χ1v) is 9.98. The van der Waals surface area contributed by atoms with E-state index in [0.717, 1.165) is 46.8 Å². The summed E-state index contributed by atoms with van der Waals surface area (Å²) in [6.45, 7) is 5.86. The molecular weight excluding hydrogens is 386 g/mol. The van der Waals surface area contributed by atoms with Crippen molar-refractivity contribution in [3.63, 3.8) is 0 Å². The highest BCUT2D eigenvalue weighted by Crippen LogP contribution is 2.27. The molecule has 0 saturated carbocycles. The minimum atomic E-state index is 0.645. The van der Waals surface area contributed by atoms with Crippen molar-refractivity contribution in [2.45, 2.75) is 20.3 Å². The van der Waals surface area contributed by atoms with Gasteiger partial charge >= 0.3 is 0 Å². The number of benzene rings is 2. The largest absolute Gasteiger partial charge is 0.355 e. The van der Waals surface area contributed by atoms with Crippen molar-refractivity contribution >= 4 is 33.9 Å². The molecule has 0 aliphatic carbocycles. The number of fused-ring (bicyclic) bond motifs is 1. The zero-order chi connectivity index (χ0) is 20.2. The molecule has 0 radical (unpaired) electrons. The molecule has 2 heterocycles. The topological polar surface area (TPSA) is 71.8 Å². The van der Waals surface area contributed by atoms with Gasteiger partial charge in [0, 0.05) is 47.5 Å². The molecule has 0 aliphatic heterocycles.